The quantitative estimate of drug-likeness (QED) is 0.159. The van der Waals surface area contributed by atoms with Crippen molar-refractivity contribution in [2.75, 3.05) is 13.2 Å². The Bertz CT molecular complexity index is 1810. The van der Waals surface area contributed by atoms with Crippen LogP contribution in [0.1, 0.15) is 100 Å². The van der Waals surface area contributed by atoms with Gasteiger partial charge in [0.1, 0.15) is 24.6 Å². The van der Waals surface area contributed by atoms with Crippen molar-refractivity contribution < 1.29 is 83.9 Å². The number of carbonyl (C=O) groups is 2. The maximum absolute atomic E-state index is 14.6. The topological polar surface area (TPSA) is 139 Å². The molecule has 58 heavy (non-hydrogen) atoms. The number of allylic oxidation sites excluding steroid dienone is 2. The van der Waals surface area contributed by atoms with Crippen molar-refractivity contribution in [3.8, 4) is 0 Å². The molecule has 4 bridgehead atoms. The molecule has 13 nitrogen and oxygen atoms in total. The summed E-state index contributed by atoms with van der Waals surface area (Å²) in [7, 11) is 0. The van der Waals surface area contributed by atoms with E-state index in [0.717, 1.165) is 0 Å². The Hall–Kier alpha value is -3.49. The van der Waals surface area contributed by atoms with Crippen LogP contribution in [0.4, 0.5) is 26.3 Å². The minimum Gasteiger partial charge on any atom is -0.456 e. The van der Waals surface area contributed by atoms with Crippen LogP contribution in [-0.2, 0) is 48.0 Å². The number of carbonyl (C=O) groups excluding carboxylic acids is 2. The lowest BCUT2D eigenvalue weighted by atomic mass is 9.59. The van der Waals surface area contributed by atoms with E-state index in [0.29, 0.717) is 38.5 Å². The Kier molecular flexibility index (Phi) is 9.30. The predicted molar refractivity (Wildman–Crippen MR) is 179 cm³/mol. The number of hydrogen-bond acceptors (Lipinski definition) is 13. The maximum Gasteiger partial charge on any atom is 0.449 e. The summed E-state index contributed by atoms with van der Waals surface area (Å²) in [6.07, 6.45) is -9.45. The molecule has 19 heteroatoms. The first-order valence-electron chi connectivity index (χ1n) is 19.6. The fourth-order valence-electron chi connectivity index (χ4n) is 10.9. The van der Waals surface area contributed by atoms with Gasteiger partial charge in [-0.05, 0) is 76.3 Å². The van der Waals surface area contributed by atoms with Gasteiger partial charge in [0.15, 0.2) is 11.2 Å². The van der Waals surface area contributed by atoms with E-state index in [2.05, 4.69) is 4.98 Å². The largest absolute Gasteiger partial charge is 0.456 e. The number of hydrogen-bond donors (Lipinski definition) is 0. The second kappa shape index (κ2) is 13.5. The molecule has 1 aromatic rings. The predicted octanol–water partition coefficient (Wildman–Crippen LogP) is 7.52. The molecular weight excluding hydrogens is 788 g/mol. The summed E-state index contributed by atoms with van der Waals surface area (Å²) in [6.45, 7) is 5.40. The van der Waals surface area contributed by atoms with Crippen LogP contribution >= 0.6 is 0 Å². The molecule has 6 saturated heterocycles. The molecule has 1 aromatic heterocycles. The van der Waals surface area contributed by atoms with Crippen LogP contribution in [0, 0.1) is 35.5 Å². The molecule has 2 saturated carbocycles. The van der Waals surface area contributed by atoms with Gasteiger partial charge in [0.2, 0.25) is 35.7 Å². The fraction of sp³-hybridized carbons (Fsp3) is 0.718. The van der Waals surface area contributed by atoms with Crippen molar-refractivity contribution in [2.24, 2.45) is 35.5 Å². The van der Waals surface area contributed by atoms with Gasteiger partial charge in [-0.2, -0.15) is 26.3 Å². The Morgan fingerprint density at radius 1 is 0.672 bits per heavy atom. The van der Waals surface area contributed by atoms with Crippen LogP contribution in [0.2, 0.25) is 0 Å². The summed E-state index contributed by atoms with van der Waals surface area (Å²) in [4.78, 5) is 54.0. The van der Waals surface area contributed by atoms with E-state index in [1.165, 1.54) is 18.2 Å². The molecule has 8 fully saturated rings. The van der Waals surface area contributed by atoms with Crippen LogP contribution in [0.5, 0.6) is 0 Å². The lowest BCUT2D eigenvalue weighted by Gasteiger charge is -2.57. The summed E-state index contributed by atoms with van der Waals surface area (Å²) >= 11 is 0. The van der Waals surface area contributed by atoms with Crippen LogP contribution < -0.4 is 0 Å². The average Bonchev–Trinajstić information content (AvgIpc) is 3.55. The summed E-state index contributed by atoms with van der Waals surface area (Å²) in [5.41, 5.74) is -4.52. The zero-order valence-electron chi connectivity index (χ0n) is 32.0. The smallest absolute Gasteiger partial charge is 0.449 e. The molecule has 11 rings (SSSR count). The molecule has 0 amide bonds. The highest BCUT2D eigenvalue weighted by Crippen LogP contribution is 2.63. The van der Waals surface area contributed by atoms with Gasteiger partial charge in [0.25, 0.3) is 0 Å². The normalized spacial score (nSPS) is 41.7. The van der Waals surface area contributed by atoms with E-state index in [1.54, 1.807) is 13.8 Å². The number of rotatable bonds is 6. The first-order valence-corrected chi connectivity index (χ1v) is 19.6. The molecule has 2 spiro atoms. The van der Waals surface area contributed by atoms with E-state index >= 15 is 0 Å². The highest BCUT2D eigenvalue weighted by molar-refractivity contribution is 5.91. The van der Waals surface area contributed by atoms with E-state index in [-0.39, 0.29) is 47.7 Å². The van der Waals surface area contributed by atoms with Gasteiger partial charge in [-0.25, -0.2) is 34.1 Å². The second-order valence-electron chi connectivity index (χ2n) is 17.2. The number of ether oxygens (including phenoxy) is 6. The third kappa shape index (κ3) is 6.15. The van der Waals surface area contributed by atoms with E-state index in [4.69, 9.17) is 48.0 Å². The molecule has 2 aliphatic carbocycles. The third-order valence-corrected chi connectivity index (χ3v) is 13.7. The van der Waals surface area contributed by atoms with E-state index in [1.807, 2.05) is 13.8 Å². The summed E-state index contributed by atoms with van der Waals surface area (Å²) < 4.78 is 122. The number of esters is 2. The average molecular weight is 832 g/mol. The fourth-order valence-corrected chi connectivity index (χ4v) is 10.9. The summed E-state index contributed by atoms with van der Waals surface area (Å²) in [5, 5.41) is 0. The zero-order chi connectivity index (χ0) is 41.2. The van der Waals surface area contributed by atoms with Crippen molar-refractivity contribution in [1.82, 2.24) is 4.98 Å². The molecule has 0 radical (unpaired) electrons. The minimum absolute atomic E-state index is 0.0339. The first kappa shape index (κ1) is 39.9. The summed E-state index contributed by atoms with van der Waals surface area (Å²) in [5.74, 6) is -10.1. The number of pyridine rings is 1. The van der Waals surface area contributed by atoms with Gasteiger partial charge < -0.3 is 28.4 Å². The Labute approximate surface area is 328 Å². The second-order valence-corrected chi connectivity index (χ2v) is 17.2. The van der Waals surface area contributed by atoms with Crippen molar-refractivity contribution in [3.63, 3.8) is 0 Å². The van der Waals surface area contributed by atoms with Crippen molar-refractivity contribution >= 4 is 11.9 Å². The highest BCUT2D eigenvalue weighted by atomic mass is 19.4. The lowest BCUT2D eigenvalue weighted by molar-refractivity contribution is -0.558. The van der Waals surface area contributed by atoms with Crippen molar-refractivity contribution in [3.05, 3.63) is 52.3 Å². The highest BCUT2D eigenvalue weighted by Gasteiger charge is 2.72. The van der Waals surface area contributed by atoms with Crippen LogP contribution in [0.3, 0.4) is 0 Å². The van der Waals surface area contributed by atoms with Gasteiger partial charge in [0, 0.05) is 47.7 Å². The summed E-state index contributed by atoms with van der Waals surface area (Å²) in [6, 6.07) is 3.59. The van der Waals surface area contributed by atoms with Gasteiger partial charge >= 0.3 is 24.3 Å². The molecule has 0 aromatic carbocycles. The van der Waals surface area contributed by atoms with Crippen molar-refractivity contribution in [2.45, 2.75) is 127 Å². The number of aromatic nitrogens is 1. The first-order chi connectivity index (χ1) is 27.3. The molecule has 9 heterocycles. The van der Waals surface area contributed by atoms with Crippen LogP contribution in [0.15, 0.2) is 40.9 Å². The number of alkyl halides is 6. The Balaban J connectivity index is 0.944. The molecule has 0 N–H and O–H groups in total. The van der Waals surface area contributed by atoms with Gasteiger partial charge in [0.05, 0.1) is 0 Å². The molecule has 0 unspecified atom stereocenters. The molecule has 12 atom stereocenters. The number of nitrogens with zero attached hydrogens (tertiary/aromatic N) is 1. The van der Waals surface area contributed by atoms with Crippen LogP contribution in [0.25, 0.3) is 0 Å². The molecular formula is C39H43F6NO12. The van der Waals surface area contributed by atoms with Gasteiger partial charge in [-0.15, -0.1) is 0 Å². The van der Waals surface area contributed by atoms with E-state index in [9.17, 15) is 35.9 Å². The van der Waals surface area contributed by atoms with Gasteiger partial charge in [-0.3, -0.25) is 0 Å². The Morgan fingerprint density at radius 2 is 1.09 bits per heavy atom. The third-order valence-electron chi connectivity index (χ3n) is 13.7. The van der Waals surface area contributed by atoms with Gasteiger partial charge in [-0.1, -0.05) is 19.9 Å². The van der Waals surface area contributed by atoms with Crippen LogP contribution in [-0.4, -0.2) is 77.8 Å². The molecule has 318 valence electrons. The standard InChI is InChI=1S/C39H43F6NO12/c1-18-8-10-24-20(28(38(40,41)42)51-32-36(24)22(18)12-14-34(3,53-32)55-57-36)16-49-30(47)26-6-5-7-27(46-26)31(48)50-17-21-25-11-9-19(2)23-13-15-35(4)54-33(37(23,25)58-56-35)52-29(21)39(43,44)45/h5-7,18-19,22-25,32-33H,8-17H2,1-4H3/t18-,19-,22+,23+,24+,25+,32-,33-,34-,35-,36-,37-/m1/s1. The maximum atomic E-state index is 14.6. The number of halogens is 6. The minimum atomic E-state index is -4.98. The molecule has 10 aliphatic rings. The monoisotopic (exact) mass is 831 g/mol. The van der Waals surface area contributed by atoms with Crippen molar-refractivity contribution in [1.29, 1.82) is 0 Å². The number of fused-ring (bicyclic) bond motifs is 4. The zero-order valence-corrected chi connectivity index (χ0v) is 32.0. The van der Waals surface area contributed by atoms with E-state index < -0.39 is 108 Å². The lowest BCUT2D eigenvalue weighted by Crippen LogP contribution is -2.67. The Morgan fingerprint density at radius 3 is 1.48 bits per heavy atom. The molecule has 8 aliphatic heterocycles. The SMILES string of the molecule is C[C@@H]1CC[C@H]2C(COC(=O)c3cccc(C(=O)OCC4=C(C(F)(F)F)O[C@@H]5O[C@@]6(C)CC[C@H]7[C@H](C)CC[C@@H]4[C@@]57OO6)n3)=C(C(F)(F)F)O[C@@H]3O[C@@]4(C)CC[C@@H]1[C@]32OO4.